The van der Waals surface area contributed by atoms with Gasteiger partial charge in [0.25, 0.3) is 0 Å². The van der Waals surface area contributed by atoms with E-state index in [9.17, 15) is 19.2 Å². The first-order valence-corrected chi connectivity index (χ1v) is 7.88. The molecule has 0 aromatic carbocycles. The number of hydrogen-bond donors (Lipinski definition) is 1. The van der Waals surface area contributed by atoms with Crippen molar-refractivity contribution in [2.75, 3.05) is 54.8 Å². The van der Waals surface area contributed by atoms with Gasteiger partial charge < -0.3 is 33.7 Å². The van der Waals surface area contributed by atoms with E-state index in [2.05, 4.69) is 14.8 Å². The van der Waals surface area contributed by atoms with E-state index in [1.165, 1.54) is 35.1 Å². The largest absolute Gasteiger partial charge is 0.508 e. The molecule has 0 rings (SSSR count). The molecule has 0 aromatic heterocycles. The van der Waals surface area contributed by atoms with Crippen molar-refractivity contribution in [2.45, 2.75) is 13.8 Å². The van der Waals surface area contributed by atoms with Crippen LogP contribution in [0, 0.1) is 10.8 Å². The van der Waals surface area contributed by atoms with Gasteiger partial charge in [0.05, 0.1) is 20.8 Å². The number of esters is 1. The third kappa shape index (κ3) is 7.69. The number of hydrogen-bond acceptors (Lipinski definition) is 10. The molecule has 2 unspecified atom stereocenters. The summed E-state index contributed by atoms with van der Waals surface area (Å²) in [5, 5.41) is 2.39. The highest BCUT2D eigenvalue weighted by Gasteiger charge is 2.39. The third-order valence-electron chi connectivity index (χ3n) is 3.61. The SMILES string of the molecule is CNC(=O)C(C)(COC(=O)OC)COC(=O)OCC(C)(COC)C(=O)OC. The fourth-order valence-corrected chi connectivity index (χ4v) is 1.95. The maximum Gasteiger partial charge on any atom is 0.508 e. The van der Waals surface area contributed by atoms with Gasteiger partial charge in [0.15, 0.2) is 0 Å². The highest BCUT2D eigenvalue weighted by Crippen LogP contribution is 2.21. The van der Waals surface area contributed by atoms with Crippen molar-refractivity contribution < 1.29 is 47.6 Å². The Bertz CT molecular complexity index is 537. The molecular weight excluding hydrogens is 366 g/mol. The topological polar surface area (TPSA) is 136 Å². The molecular formula is C16H27NO10. The molecule has 0 radical (unpaired) electrons. The minimum absolute atomic E-state index is 0.0458. The lowest BCUT2D eigenvalue weighted by Crippen LogP contribution is -2.45. The van der Waals surface area contributed by atoms with Gasteiger partial charge in [0.2, 0.25) is 5.91 Å². The Balaban J connectivity index is 4.83. The molecule has 0 saturated carbocycles. The molecule has 0 aliphatic carbocycles. The molecule has 0 aromatic rings. The molecule has 11 nitrogen and oxygen atoms in total. The van der Waals surface area contributed by atoms with Crippen LogP contribution in [-0.2, 0) is 38.0 Å². The van der Waals surface area contributed by atoms with Crippen molar-refractivity contribution in [1.29, 1.82) is 0 Å². The molecule has 0 bridgehead atoms. The molecule has 0 heterocycles. The summed E-state index contributed by atoms with van der Waals surface area (Å²) < 4.78 is 28.6. The van der Waals surface area contributed by atoms with E-state index in [4.69, 9.17) is 18.9 Å². The number of ether oxygens (including phenoxy) is 6. The predicted molar refractivity (Wildman–Crippen MR) is 89.8 cm³/mol. The van der Waals surface area contributed by atoms with Gasteiger partial charge in [-0.2, -0.15) is 0 Å². The highest BCUT2D eigenvalue weighted by molar-refractivity contribution is 5.82. The normalized spacial score (nSPS) is 14.7. The van der Waals surface area contributed by atoms with E-state index >= 15 is 0 Å². The maximum absolute atomic E-state index is 12.0. The van der Waals surface area contributed by atoms with Crippen molar-refractivity contribution in [3.05, 3.63) is 0 Å². The average molecular weight is 393 g/mol. The van der Waals surface area contributed by atoms with Crippen LogP contribution in [0.15, 0.2) is 0 Å². The minimum atomic E-state index is -1.37. The second-order valence-corrected chi connectivity index (χ2v) is 6.20. The van der Waals surface area contributed by atoms with Crippen LogP contribution in [-0.4, -0.2) is 79.0 Å². The Morgan fingerprint density at radius 3 is 1.63 bits per heavy atom. The summed E-state index contributed by atoms with van der Waals surface area (Å²) in [4.78, 5) is 46.8. The molecule has 0 aliphatic rings. The molecule has 2 atom stereocenters. The van der Waals surface area contributed by atoms with E-state index in [0.29, 0.717) is 0 Å². The number of rotatable bonds is 10. The standard InChI is InChI=1S/C16H27NO10/c1-15(11(18)17-3,8-25-13(20)24-6)9-26-14(21)27-10-16(2,7-22-4)12(19)23-5/h7-10H2,1-6H3,(H,17,18). The van der Waals surface area contributed by atoms with Gasteiger partial charge >= 0.3 is 18.3 Å². The first-order chi connectivity index (χ1) is 12.6. The summed E-state index contributed by atoms with van der Waals surface area (Å²) in [7, 11) is 5.08. The molecule has 27 heavy (non-hydrogen) atoms. The van der Waals surface area contributed by atoms with Gasteiger partial charge in [0, 0.05) is 14.2 Å². The summed E-state index contributed by atoms with van der Waals surface area (Å²) in [6.07, 6.45) is -2.10. The molecule has 11 heteroatoms. The second-order valence-electron chi connectivity index (χ2n) is 6.20. The zero-order valence-electron chi connectivity index (χ0n) is 16.4. The number of methoxy groups -OCH3 is 3. The smallest absolute Gasteiger partial charge is 0.468 e. The van der Waals surface area contributed by atoms with Crippen molar-refractivity contribution >= 4 is 24.2 Å². The van der Waals surface area contributed by atoms with Crippen LogP contribution in [0.3, 0.4) is 0 Å². The van der Waals surface area contributed by atoms with Crippen LogP contribution >= 0.6 is 0 Å². The van der Waals surface area contributed by atoms with Crippen LogP contribution in [0.4, 0.5) is 9.59 Å². The number of carbonyl (C=O) groups is 4. The van der Waals surface area contributed by atoms with E-state index in [0.717, 1.165) is 7.11 Å². The first-order valence-electron chi connectivity index (χ1n) is 7.88. The maximum atomic E-state index is 12.0. The fraction of sp³-hybridized carbons (Fsp3) is 0.750. The van der Waals surface area contributed by atoms with Gasteiger partial charge in [-0.15, -0.1) is 0 Å². The molecule has 0 saturated heterocycles. The lowest BCUT2D eigenvalue weighted by molar-refractivity contribution is -0.158. The minimum Gasteiger partial charge on any atom is -0.468 e. The molecule has 0 fully saturated rings. The Morgan fingerprint density at radius 1 is 0.741 bits per heavy atom. The van der Waals surface area contributed by atoms with E-state index < -0.39 is 48.2 Å². The lowest BCUT2D eigenvalue weighted by atomic mass is 9.92. The van der Waals surface area contributed by atoms with Crippen LogP contribution in [0.2, 0.25) is 0 Å². The molecule has 1 amide bonds. The van der Waals surface area contributed by atoms with E-state index in [1.54, 1.807) is 0 Å². The fourth-order valence-electron chi connectivity index (χ4n) is 1.95. The van der Waals surface area contributed by atoms with Gasteiger partial charge in [-0.3, -0.25) is 9.59 Å². The van der Waals surface area contributed by atoms with Crippen LogP contribution < -0.4 is 5.32 Å². The molecule has 0 spiro atoms. The average Bonchev–Trinajstić information content (AvgIpc) is 2.67. The van der Waals surface area contributed by atoms with Crippen molar-refractivity contribution in [3.63, 3.8) is 0 Å². The van der Waals surface area contributed by atoms with Crippen molar-refractivity contribution in [1.82, 2.24) is 5.32 Å². The quantitative estimate of drug-likeness (QED) is 0.413. The Morgan fingerprint density at radius 2 is 1.22 bits per heavy atom. The van der Waals surface area contributed by atoms with Crippen LogP contribution in [0.1, 0.15) is 13.8 Å². The summed E-state index contributed by atoms with van der Waals surface area (Å²) in [6.45, 7) is 1.68. The Labute approximate surface area is 157 Å². The van der Waals surface area contributed by atoms with Gasteiger partial charge in [0.1, 0.15) is 30.7 Å². The highest BCUT2D eigenvalue weighted by atomic mass is 16.7. The Hall–Kier alpha value is -2.56. The van der Waals surface area contributed by atoms with Gasteiger partial charge in [-0.05, 0) is 13.8 Å². The van der Waals surface area contributed by atoms with Gasteiger partial charge in [-0.25, -0.2) is 9.59 Å². The monoisotopic (exact) mass is 393 g/mol. The van der Waals surface area contributed by atoms with Gasteiger partial charge in [-0.1, -0.05) is 0 Å². The zero-order chi connectivity index (χ0) is 21.1. The van der Waals surface area contributed by atoms with E-state index in [-0.39, 0.29) is 13.2 Å². The number of carbonyl (C=O) groups excluding carboxylic acids is 4. The predicted octanol–water partition coefficient (Wildman–Crippen LogP) is 0.501. The summed E-state index contributed by atoms with van der Waals surface area (Å²) >= 11 is 0. The van der Waals surface area contributed by atoms with Crippen LogP contribution in [0.25, 0.3) is 0 Å². The summed E-state index contributed by atoms with van der Waals surface area (Å²) in [6, 6.07) is 0. The Kier molecular flexibility index (Phi) is 10.2. The number of amides is 1. The second kappa shape index (κ2) is 11.2. The number of nitrogens with one attached hydrogen (secondary N) is 1. The summed E-state index contributed by atoms with van der Waals surface area (Å²) in [5.74, 6) is -1.16. The van der Waals surface area contributed by atoms with Crippen LogP contribution in [0.5, 0.6) is 0 Å². The van der Waals surface area contributed by atoms with Crippen molar-refractivity contribution in [2.24, 2.45) is 10.8 Å². The summed E-state index contributed by atoms with van der Waals surface area (Å²) in [5.41, 5.74) is -2.60. The molecule has 0 aliphatic heterocycles. The first kappa shape index (κ1) is 24.4. The van der Waals surface area contributed by atoms with Crippen molar-refractivity contribution in [3.8, 4) is 0 Å². The third-order valence-corrected chi connectivity index (χ3v) is 3.61. The van der Waals surface area contributed by atoms with E-state index in [1.807, 2.05) is 0 Å². The lowest BCUT2D eigenvalue weighted by Gasteiger charge is -2.27. The zero-order valence-corrected chi connectivity index (χ0v) is 16.4. The molecule has 156 valence electrons. The molecule has 1 N–H and O–H groups in total.